The summed E-state index contributed by atoms with van der Waals surface area (Å²) >= 11 is 5.91. The van der Waals surface area contributed by atoms with Gasteiger partial charge in [0.15, 0.2) is 15.6 Å². The Labute approximate surface area is 183 Å². The molecule has 4 nitrogen and oxygen atoms in total. The number of hydrogen-bond donors (Lipinski definition) is 0. The first-order valence-electron chi connectivity index (χ1n) is 9.55. The molecule has 0 aliphatic rings. The van der Waals surface area contributed by atoms with Crippen LogP contribution in [0.25, 0.3) is 0 Å². The van der Waals surface area contributed by atoms with Crippen molar-refractivity contribution < 1.29 is 13.2 Å². The van der Waals surface area contributed by atoms with Crippen molar-refractivity contribution in [1.29, 1.82) is 0 Å². The highest BCUT2D eigenvalue weighted by atomic mass is 35.5. The Morgan fingerprint density at radius 3 is 2.00 bits per heavy atom. The molecule has 0 radical (unpaired) electrons. The zero-order valence-electron chi connectivity index (χ0n) is 17.2. The molecular weight excluding hydrogens is 418 g/mol. The number of benzene rings is 3. The van der Waals surface area contributed by atoms with E-state index < -0.39 is 15.1 Å². The van der Waals surface area contributed by atoms with Crippen molar-refractivity contribution in [2.75, 3.05) is 19.0 Å². The summed E-state index contributed by atoms with van der Waals surface area (Å²) in [4.78, 5) is 15.1. The van der Waals surface area contributed by atoms with Gasteiger partial charge in [-0.05, 0) is 61.0 Å². The van der Waals surface area contributed by atoms with Gasteiger partial charge in [-0.25, -0.2) is 8.42 Å². The zero-order chi connectivity index (χ0) is 21.9. The highest BCUT2D eigenvalue weighted by molar-refractivity contribution is 7.91. The average Bonchev–Trinajstić information content (AvgIpc) is 2.72. The molecule has 0 saturated carbocycles. The van der Waals surface area contributed by atoms with Crippen LogP contribution in [0.15, 0.2) is 77.7 Å². The van der Waals surface area contributed by atoms with E-state index in [1.165, 1.54) is 0 Å². The number of carbonyl (C=O) groups is 1. The fraction of sp³-hybridized carbons (Fsp3) is 0.208. The van der Waals surface area contributed by atoms with E-state index in [-0.39, 0.29) is 17.1 Å². The minimum absolute atomic E-state index is 0.154. The van der Waals surface area contributed by atoms with E-state index in [0.29, 0.717) is 16.1 Å². The Hall–Kier alpha value is -2.63. The molecule has 3 aromatic rings. The molecule has 0 aliphatic carbocycles. The van der Waals surface area contributed by atoms with E-state index >= 15 is 0 Å². The van der Waals surface area contributed by atoms with Crippen LogP contribution < -0.4 is 4.90 Å². The molecule has 156 valence electrons. The lowest BCUT2D eigenvalue weighted by atomic mass is 10.0. The molecule has 0 heterocycles. The minimum atomic E-state index is -3.78. The van der Waals surface area contributed by atoms with Gasteiger partial charge in [0.05, 0.1) is 10.1 Å². The second kappa shape index (κ2) is 9.02. The average molecular weight is 442 g/mol. The van der Waals surface area contributed by atoms with E-state index in [4.69, 9.17) is 11.6 Å². The highest BCUT2D eigenvalue weighted by Crippen LogP contribution is 2.34. The summed E-state index contributed by atoms with van der Waals surface area (Å²) in [5.41, 5.74) is 2.95. The summed E-state index contributed by atoms with van der Waals surface area (Å²) in [6, 6.07) is 20.5. The lowest BCUT2D eigenvalue weighted by Gasteiger charge is -2.20. The van der Waals surface area contributed by atoms with Crippen LogP contribution in [0, 0.1) is 6.92 Å². The van der Waals surface area contributed by atoms with Crippen LogP contribution in [0.2, 0.25) is 5.02 Å². The van der Waals surface area contributed by atoms with Gasteiger partial charge in [-0.2, -0.15) is 0 Å². The van der Waals surface area contributed by atoms with Crippen LogP contribution >= 0.6 is 11.6 Å². The Kier molecular flexibility index (Phi) is 6.64. The monoisotopic (exact) mass is 441 g/mol. The third kappa shape index (κ3) is 4.91. The van der Waals surface area contributed by atoms with Crippen molar-refractivity contribution >= 4 is 32.9 Å². The van der Waals surface area contributed by atoms with E-state index in [1.807, 2.05) is 38.1 Å². The number of sulfone groups is 1. The fourth-order valence-corrected chi connectivity index (χ4v) is 5.06. The van der Waals surface area contributed by atoms with Crippen LogP contribution in [-0.4, -0.2) is 28.3 Å². The summed E-state index contributed by atoms with van der Waals surface area (Å²) in [6.07, 6.45) is -0.154. The molecule has 1 unspecified atom stereocenters. The standard InChI is InChI=1S/C24H24ClNO3S/c1-17-4-14-22(15-5-17)30(28,29)24(19-8-12-21(13-9-19)26(2)3)16-23(27)18-6-10-20(25)11-7-18/h4-15,24H,16H2,1-3H3. The summed E-state index contributed by atoms with van der Waals surface area (Å²) < 4.78 is 27.0. The molecule has 0 saturated heterocycles. The lowest BCUT2D eigenvalue weighted by Crippen LogP contribution is -2.18. The number of hydrogen-bond acceptors (Lipinski definition) is 4. The van der Waals surface area contributed by atoms with Gasteiger partial charge in [-0.1, -0.05) is 41.4 Å². The van der Waals surface area contributed by atoms with Crippen LogP contribution in [0.1, 0.15) is 33.2 Å². The van der Waals surface area contributed by atoms with Crippen molar-refractivity contribution in [3.8, 4) is 0 Å². The zero-order valence-corrected chi connectivity index (χ0v) is 18.7. The van der Waals surface area contributed by atoms with Gasteiger partial charge in [-0.3, -0.25) is 4.79 Å². The molecular formula is C24H24ClNO3S. The maximum atomic E-state index is 13.5. The molecule has 3 rings (SSSR count). The summed E-state index contributed by atoms with van der Waals surface area (Å²) in [6.45, 7) is 1.90. The minimum Gasteiger partial charge on any atom is -0.378 e. The molecule has 6 heteroatoms. The first kappa shape index (κ1) is 22.1. The van der Waals surface area contributed by atoms with Crippen LogP contribution in [0.4, 0.5) is 5.69 Å². The predicted octanol–water partition coefficient (Wildman–Crippen LogP) is 5.50. The third-order valence-corrected chi connectivity index (χ3v) is 7.41. The number of Topliss-reactive ketones (excluding diaryl/α,β-unsaturated/α-hetero) is 1. The van der Waals surface area contributed by atoms with Gasteiger partial charge in [0, 0.05) is 36.8 Å². The second-order valence-corrected chi connectivity index (χ2v) is 10.0. The molecule has 3 aromatic carbocycles. The van der Waals surface area contributed by atoms with Crippen molar-refractivity contribution in [2.24, 2.45) is 0 Å². The molecule has 0 fully saturated rings. The first-order valence-corrected chi connectivity index (χ1v) is 11.5. The van der Waals surface area contributed by atoms with Crippen molar-refractivity contribution in [2.45, 2.75) is 23.5 Å². The summed E-state index contributed by atoms with van der Waals surface area (Å²) in [5, 5.41) is -0.464. The maximum absolute atomic E-state index is 13.5. The van der Waals surface area contributed by atoms with E-state index in [2.05, 4.69) is 0 Å². The summed E-state index contributed by atoms with van der Waals surface area (Å²) in [7, 11) is 0.0568. The third-order valence-electron chi connectivity index (χ3n) is 5.04. The number of halogens is 1. The van der Waals surface area contributed by atoms with Crippen LogP contribution in [0.3, 0.4) is 0 Å². The number of rotatable bonds is 7. The smallest absolute Gasteiger partial charge is 0.185 e. The molecule has 0 spiro atoms. The molecule has 0 bridgehead atoms. The Balaban J connectivity index is 2.02. The van der Waals surface area contributed by atoms with Gasteiger partial charge in [-0.15, -0.1) is 0 Å². The summed E-state index contributed by atoms with van der Waals surface area (Å²) in [5.74, 6) is -0.246. The second-order valence-electron chi connectivity index (χ2n) is 7.47. The van der Waals surface area contributed by atoms with Crippen molar-refractivity contribution in [3.63, 3.8) is 0 Å². The molecule has 0 N–H and O–H groups in total. The van der Waals surface area contributed by atoms with Gasteiger partial charge >= 0.3 is 0 Å². The highest BCUT2D eigenvalue weighted by Gasteiger charge is 2.31. The van der Waals surface area contributed by atoms with E-state index in [0.717, 1.165) is 11.3 Å². The molecule has 0 aromatic heterocycles. The molecule has 1 atom stereocenters. The van der Waals surface area contributed by atoms with Gasteiger partial charge in [0.2, 0.25) is 0 Å². The van der Waals surface area contributed by atoms with Gasteiger partial charge in [0.25, 0.3) is 0 Å². The Morgan fingerprint density at radius 2 is 1.47 bits per heavy atom. The quantitative estimate of drug-likeness (QED) is 0.454. The topological polar surface area (TPSA) is 54.5 Å². The first-order chi connectivity index (χ1) is 14.2. The van der Waals surface area contributed by atoms with Crippen molar-refractivity contribution in [1.82, 2.24) is 0 Å². The van der Waals surface area contributed by atoms with Crippen LogP contribution in [0.5, 0.6) is 0 Å². The fourth-order valence-electron chi connectivity index (χ4n) is 3.21. The number of ketones is 1. The number of anilines is 1. The predicted molar refractivity (Wildman–Crippen MR) is 122 cm³/mol. The largest absolute Gasteiger partial charge is 0.378 e. The van der Waals surface area contributed by atoms with Crippen molar-refractivity contribution in [3.05, 3.63) is 94.5 Å². The number of aryl methyl sites for hydroxylation is 1. The lowest BCUT2D eigenvalue weighted by molar-refractivity contribution is 0.0980. The van der Waals surface area contributed by atoms with Crippen LogP contribution in [-0.2, 0) is 9.84 Å². The molecule has 0 amide bonds. The molecule has 0 aliphatic heterocycles. The number of nitrogens with zero attached hydrogens (tertiary/aromatic N) is 1. The SMILES string of the molecule is Cc1ccc(S(=O)(=O)C(CC(=O)c2ccc(Cl)cc2)c2ccc(N(C)C)cc2)cc1. The van der Waals surface area contributed by atoms with E-state index in [9.17, 15) is 13.2 Å². The maximum Gasteiger partial charge on any atom is 0.185 e. The molecule has 30 heavy (non-hydrogen) atoms. The van der Waals surface area contributed by atoms with E-state index in [1.54, 1.807) is 60.7 Å². The normalized spacial score (nSPS) is 12.4. The number of carbonyl (C=O) groups excluding carboxylic acids is 1. The van der Waals surface area contributed by atoms with Gasteiger partial charge in [0.1, 0.15) is 0 Å². The Morgan fingerprint density at radius 1 is 0.900 bits per heavy atom. The van der Waals surface area contributed by atoms with Gasteiger partial charge < -0.3 is 4.90 Å². The Bertz CT molecular complexity index is 1120.